The number of carbonyl (C=O) groups is 3. The number of benzene rings is 1. The maximum Gasteiger partial charge on any atom is 0.341 e. The lowest BCUT2D eigenvalue weighted by atomic mass is 10.1. The van der Waals surface area contributed by atoms with E-state index in [0.29, 0.717) is 21.8 Å². The molecule has 9 heteroatoms. The molecule has 0 saturated carbocycles. The SMILES string of the molecule is CCOC(=O)c1c(NC(=O)[C@H](C)Oc2ccc3c(C)cc(=O)oc3c2)sc(C(C)=O)c1C. The van der Waals surface area contributed by atoms with Crippen LogP contribution >= 0.6 is 11.3 Å². The van der Waals surface area contributed by atoms with Crippen LogP contribution in [0.4, 0.5) is 5.00 Å². The number of amides is 1. The summed E-state index contributed by atoms with van der Waals surface area (Å²) in [7, 11) is 0. The smallest absolute Gasteiger partial charge is 0.341 e. The van der Waals surface area contributed by atoms with Crippen LogP contribution in [0.2, 0.25) is 0 Å². The molecule has 2 aromatic heterocycles. The summed E-state index contributed by atoms with van der Waals surface area (Å²) in [6.45, 7) is 8.21. The van der Waals surface area contributed by atoms with E-state index in [2.05, 4.69) is 5.32 Å². The molecule has 0 radical (unpaired) electrons. The Morgan fingerprint density at radius 1 is 1.19 bits per heavy atom. The molecule has 0 bridgehead atoms. The number of aryl methyl sites for hydroxylation is 1. The molecule has 2 heterocycles. The molecular weight excluding hydrogens is 434 g/mol. The van der Waals surface area contributed by atoms with Gasteiger partial charge in [0.05, 0.1) is 17.0 Å². The summed E-state index contributed by atoms with van der Waals surface area (Å²) in [4.78, 5) is 49.1. The van der Waals surface area contributed by atoms with Crippen LogP contribution in [0.25, 0.3) is 11.0 Å². The van der Waals surface area contributed by atoms with E-state index in [4.69, 9.17) is 13.9 Å². The molecule has 0 saturated heterocycles. The average molecular weight is 458 g/mol. The Morgan fingerprint density at radius 3 is 2.56 bits per heavy atom. The second kappa shape index (κ2) is 9.35. The fourth-order valence-electron chi connectivity index (χ4n) is 3.24. The molecule has 0 spiro atoms. The van der Waals surface area contributed by atoms with E-state index in [1.54, 1.807) is 45.9 Å². The molecule has 0 aliphatic carbocycles. The molecule has 32 heavy (non-hydrogen) atoms. The highest BCUT2D eigenvalue weighted by molar-refractivity contribution is 7.18. The number of fused-ring (bicyclic) bond motifs is 1. The predicted octanol–water partition coefficient (Wildman–Crippen LogP) is 4.26. The molecule has 0 fully saturated rings. The third-order valence-corrected chi connectivity index (χ3v) is 6.10. The number of hydrogen-bond acceptors (Lipinski definition) is 8. The summed E-state index contributed by atoms with van der Waals surface area (Å²) in [6, 6.07) is 6.36. The van der Waals surface area contributed by atoms with Crippen molar-refractivity contribution < 1.29 is 28.3 Å². The lowest BCUT2D eigenvalue weighted by molar-refractivity contribution is -0.122. The first-order chi connectivity index (χ1) is 15.1. The highest BCUT2D eigenvalue weighted by Gasteiger charge is 2.27. The quantitative estimate of drug-likeness (QED) is 0.320. The van der Waals surface area contributed by atoms with Crippen molar-refractivity contribution in [1.82, 2.24) is 0 Å². The van der Waals surface area contributed by atoms with E-state index in [-0.39, 0.29) is 23.0 Å². The Hall–Kier alpha value is -3.46. The zero-order chi connectivity index (χ0) is 23.6. The van der Waals surface area contributed by atoms with Crippen molar-refractivity contribution in [2.45, 2.75) is 40.7 Å². The molecule has 0 aliphatic rings. The Kier molecular flexibility index (Phi) is 6.78. The number of nitrogens with one attached hydrogen (secondary N) is 1. The topological polar surface area (TPSA) is 112 Å². The number of hydrogen-bond donors (Lipinski definition) is 1. The van der Waals surface area contributed by atoms with Gasteiger partial charge in [-0.25, -0.2) is 9.59 Å². The number of anilines is 1. The van der Waals surface area contributed by atoms with Gasteiger partial charge in [0, 0.05) is 17.5 Å². The molecular formula is C23H23NO7S. The summed E-state index contributed by atoms with van der Waals surface area (Å²) in [5, 5.41) is 3.66. The molecule has 8 nitrogen and oxygen atoms in total. The largest absolute Gasteiger partial charge is 0.481 e. The number of rotatable bonds is 7. The zero-order valence-corrected chi connectivity index (χ0v) is 19.2. The van der Waals surface area contributed by atoms with Gasteiger partial charge in [-0.3, -0.25) is 9.59 Å². The summed E-state index contributed by atoms with van der Waals surface area (Å²) < 4.78 is 16.0. The number of esters is 1. The molecule has 3 rings (SSSR count). The first-order valence-electron chi connectivity index (χ1n) is 9.95. The molecule has 0 unspecified atom stereocenters. The first kappa shape index (κ1) is 23.2. The maximum absolute atomic E-state index is 12.8. The minimum absolute atomic E-state index is 0.158. The summed E-state index contributed by atoms with van der Waals surface area (Å²) >= 11 is 1.02. The van der Waals surface area contributed by atoms with E-state index in [1.165, 1.54) is 13.0 Å². The van der Waals surface area contributed by atoms with E-state index in [1.807, 2.05) is 0 Å². The van der Waals surface area contributed by atoms with Crippen LogP contribution in [0.5, 0.6) is 5.75 Å². The Morgan fingerprint density at radius 2 is 1.91 bits per heavy atom. The minimum Gasteiger partial charge on any atom is -0.481 e. The van der Waals surface area contributed by atoms with Crippen molar-refractivity contribution >= 4 is 45.0 Å². The maximum atomic E-state index is 12.8. The second-order valence-electron chi connectivity index (χ2n) is 7.19. The van der Waals surface area contributed by atoms with E-state index in [0.717, 1.165) is 22.3 Å². The van der Waals surface area contributed by atoms with Crippen LogP contribution in [0.1, 0.15) is 51.9 Å². The number of carbonyl (C=O) groups excluding carboxylic acids is 3. The summed E-state index contributed by atoms with van der Waals surface area (Å²) in [5.41, 5.74) is 1.27. The third kappa shape index (κ3) is 4.72. The Bertz CT molecular complexity index is 1270. The molecule has 1 N–H and O–H groups in total. The van der Waals surface area contributed by atoms with Gasteiger partial charge in [-0.1, -0.05) is 0 Å². The Labute approximate surface area is 188 Å². The lowest BCUT2D eigenvalue weighted by Crippen LogP contribution is -2.30. The van der Waals surface area contributed by atoms with Gasteiger partial charge in [-0.2, -0.15) is 0 Å². The summed E-state index contributed by atoms with van der Waals surface area (Å²) in [6.07, 6.45) is -0.942. The van der Waals surface area contributed by atoms with Crippen molar-refractivity contribution in [3.8, 4) is 5.75 Å². The number of Topliss-reactive ketones (excluding diaryl/α,β-unsaturated/α-hetero) is 1. The van der Waals surface area contributed by atoms with Gasteiger partial charge < -0.3 is 19.2 Å². The van der Waals surface area contributed by atoms with Gasteiger partial charge in [-0.05, 0) is 57.9 Å². The third-order valence-electron chi connectivity index (χ3n) is 4.79. The van der Waals surface area contributed by atoms with Gasteiger partial charge >= 0.3 is 11.6 Å². The molecule has 1 aromatic carbocycles. The molecule has 1 atom stereocenters. The molecule has 168 valence electrons. The van der Waals surface area contributed by atoms with Gasteiger partial charge in [0.25, 0.3) is 5.91 Å². The van der Waals surface area contributed by atoms with Crippen molar-refractivity contribution in [2.24, 2.45) is 0 Å². The van der Waals surface area contributed by atoms with Crippen LogP contribution in [-0.2, 0) is 9.53 Å². The number of thiophene rings is 1. The van der Waals surface area contributed by atoms with E-state index >= 15 is 0 Å². The van der Waals surface area contributed by atoms with Crippen molar-refractivity contribution in [3.05, 3.63) is 56.3 Å². The van der Waals surface area contributed by atoms with E-state index < -0.39 is 23.6 Å². The molecule has 1 amide bonds. The van der Waals surface area contributed by atoms with Crippen molar-refractivity contribution in [1.29, 1.82) is 0 Å². The van der Waals surface area contributed by atoms with Gasteiger partial charge in [-0.15, -0.1) is 11.3 Å². The van der Waals surface area contributed by atoms with Crippen molar-refractivity contribution in [3.63, 3.8) is 0 Å². The van der Waals surface area contributed by atoms with Crippen LogP contribution < -0.4 is 15.7 Å². The van der Waals surface area contributed by atoms with Crippen molar-refractivity contribution in [2.75, 3.05) is 11.9 Å². The second-order valence-corrected chi connectivity index (χ2v) is 8.21. The zero-order valence-electron chi connectivity index (χ0n) is 18.4. The highest BCUT2D eigenvalue weighted by atomic mass is 32.1. The standard InChI is InChI=1S/C23H23NO7S/c1-6-29-23(28)19-12(3)20(13(4)25)32-22(19)24-21(27)14(5)30-15-7-8-16-11(2)9-18(26)31-17(16)10-15/h7-10,14H,6H2,1-5H3,(H,24,27)/t14-/m0/s1. The molecule has 3 aromatic rings. The van der Waals surface area contributed by atoms with Crippen LogP contribution in [0, 0.1) is 13.8 Å². The highest BCUT2D eigenvalue weighted by Crippen LogP contribution is 2.34. The number of ether oxygens (including phenoxy) is 2. The van der Waals surface area contributed by atoms with Gasteiger partial charge in [0.2, 0.25) is 0 Å². The fraction of sp³-hybridized carbons (Fsp3) is 0.304. The predicted molar refractivity (Wildman–Crippen MR) is 121 cm³/mol. The van der Waals surface area contributed by atoms with Crippen LogP contribution in [0.15, 0.2) is 33.5 Å². The minimum atomic E-state index is -0.942. The normalized spacial score (nSPS) is 11.8. The monoisotopic (exact) mass is 457 g/mol. The van der Waals surface area contributed by atoms with Gasteiger partial charge in [0.1, 0.15) is 16.3 Å². The van der Waals surface area contributed by atoms with E-state index in [9.17, 15) is 19.2 Å². The fourth-order valence-corrected chi connectivity index (χ4v) is 4.33. The number of ketones is 1. The van der Waals surface area contributed by atoms with Crippen LogP contribution in [0.3, 0.4) is 0 Å². The molecule has 0 aliphatic heterocycles. The Balaban J connectivity index is 1.83. The average Bonchev–Trinajstić information content (AvgIpc) is 3.03. The first-order valence-corrected chi connectivity index (χ1v) is 10.8. The summed E-state index contributed by atoms with van der Waals surface area (Å²) in [5.74, 6) is -1.00. The van der Waals surface area contributed by atoms with Gasteiger partial charge in [0.15, 0.2) is 11.9 Å². The van der Waals surface area contributed by atoms with Crippen LogP contribution in [-0.4, -0.2) is 30.4 Å². The lowest BCUT2D eigenvalue weighted by Gasteiger charge is -2.15.